The number of hydrogen-bond acceptors (Lipinski definition) is 5. The fourth-order valence-corrected chi connectivity index (χ4v) is 3.24. The van der Waals surface area contributed by atoms with Crippen LogP contribution in [-0.4, -0.2) is 58.2 Å². The summed E-state index contributed by atoms with van der Waals surface area (Å²) in [6.07, 6.45) is 2.09. The van der Waals surface area contributed by atoms with Crippen LogP contribution in [0.15, 0.2) is 23.4 Å². The Morgan fingerprint density at radius 1 is 1.19 bits per heavy atom. The van der Waals surface area contributed by atoms with Gasteiger partial charge in [-0.3, -0.25) is 0 Å². The molecule has 1 aromatic rings. The number of alkyl halides is 1. The quantitative estimate of drug-likeness (QED) is 0.478. The Kier molecular flexibility index (Phi) is 8.13. The minimum absolute atomic E-state index is 0.0184. The van der Waals surface area contributed by atoms with E-state index in [9.17, 15) is 8.42 Å². The average Bonchev–Trinajstić information content (AvgIpc) is 2.50. The molecular formula is C13H21ClN2O4S. The van der Waals surface area contributed by atoms with Gasteiger partial charge in [-0.25, -0.2) is 13.4 Å². The van der Waals surface area contributed by atoms with Crippen molar-refractivity contribution in [2.75, 3.05) is 40.5 Å². The van der Waals surface area contributed by atoms with Crippen molar-refractivity contribution in [1.29, 1.82) is 0 Å². The van der Waals surface area contributed by atoms with Crippen molar-refractivity contribution in [3.8, 4) is 0 Å². The zero-order valence-corrected chi connectivity index (χ0v) is 13.9. The Morgan fingerprint density at radius 2 is 1.90 bits per heavy atom. The first-order valence-electron chi connectivity index (χ1n) is 6.55. The summed E-state index contributed by atoms with van der Waals surface area (Å²) in [6.45, 7) is 1.46. The van der Waals surface area contributed by atoms with Crippen LogP contribution in [0.5, 0.6) is 0 Å². The molecule has 0 bridgehead atoms. The van der Waals surface area contributed by atoms with Gasteiger partial charge >= 0.3 is 0 Å². The van der Waals surface area contributed by atoms with Gasteiger partial charge in [0.15, 0.2) is 5.03 Å². The molecular weight excluding hydrogens is 316 g/mol. The number of nitrogens with zero attached hydrogens (tertiary/aromatic N) is 2. The molecule has 21 heavy (non-hydrogen) atoms. The Bertz CT molecular complexity index is 507. The minimum Gasteiger partial charge on any atom is -0.385 e. The SMILES string of the molecule is COCCCN(CCOC)S(=O)(=O)c1ccc(CCl)cn1. The topological polar surface area (TPSA) is 68.7 Å². The van der Waals surface area contributed by atoms with Gasteiger partial charge in [-0.05, 0) is 18.1 Å². The summed E-state index contributed by atoms with van der Waals surface area (Å²) in [6, 6.07) is 3.14. The van der Waals surface area contributed by atoms with Crippen LogP contribution in [0, 0.1) is 0 Å². The Balaban J connectivity index is 2.89. The first-order chi connectivity index (χ1) is 10.1. The maximum atomic E-state index is 12.6. The van der Waals surface area contributed by atoms with Crippen LogP contribution in [0.4, 0.5) is 0 Å². The van der Waals surface area contributed by atoms with Gasteiger partial charge in [-0.15, -0.1) is 11.6 Å². The molecule has 0 fully saturated rings. The predicted molar refractivity (Wildman–Crippen MR) is 80.9 cm³/mol. The molecule has 0 amide bonds. The van der Waals surface area contributed by atoms with Crippen molar-refractivity contribution < 1.29 is 17.9 Å². The van der Waals surface area contributed by atoms with Crippen LogP contribution in [0.2, 0.25) is 0 Å². The first kappa shape index (κ1) is 18.3. The van der Waals surface area contributed by atoms with Gasteiger partial charge in [0.25, 0.3) is 10.0 Å². The normalized spacial score (nSPS) is 12.0. The molecule has 8 heteroatoms. The lowest BCUT2D eigenvalue weighted by atomic mass is 10.3. The highest BCUT2D eigenvalue weighted by Crippen LogP contribution is 2.15. The fourth-order valence-electron chi connectivity index (χ4n) is 1.71. The number of ether oxygens (including phenoxy) is 2. The highest BCUT2D eigenvalue weighted by Gasteiger charge is 2.25. The molecule has 0 radical (unpaired) electrons. The number of aromatic nitrogens is 1. The molecule has 6 nitrogen and oxygen atoms in total. The third kappa shape index (κ3) is 5.52. The maximum absolute atomic E-state index is 12.6. The largest absolute Gasteiger partial charge is 0.385 e. The zero-order chi connectivity index (χ0) is 15.7. The average molecular weight is 337 g/mol. The van der Waals surface area contributed by atoms with Gasteiger partial charge in [-0.1, -0.05) is 6.07 Å². The number of rotatable bonds is 10. The molecule has 120 valence electrons. The van der Waals surface area contributed by atoms with Crippen LogP contribution >= 0.6 is 11.6 Å². The summed E-state index contributed by atoms with van der Waals surface area (Å²) in [5.74, 6) is 0.300. The van der Waals surface area contributed by atoms with Gasteiger partial charge in [0, 0.05) is 46.0 Å². The summed E-state index contributed by atoms with van der Waals surface area (Å²) in [4.78, 5) is 3.99. The van der Waals surface area contributed by atoms with Gasteiger partial charge in [0.1, 0.15) is 0 Å². The third-order valence-electron chi connectivity index (χ3n) is 2.86. The fraction of sp³-hybridized carbons (Fsp3) is 0.615. The summed E-state index contributed by atoms with van der Waals surface area (Å²) in [5, 5.41) is 0.0184. The number of pyridine rings is 1. The molecule has 0 N–H and O–H groups in total. The lowest BCUT2D eigenvalue weighted by molar-refractivity contribution is 0.164. The molecule has 0 spiro atoms. The van der Waals surface area contributed by atoms with E-state index in [-0.39, 0.29) is 11.6 Å². The van der Waals surface area contributed by atoms with E-state index in [1.165, 1.54) is 23.7 Å². The van der Waals surface area contributed by atoms with Gasteiger partial charge < -0.3 is 9.47 Å². The van der Waals surface area contributed by atoms with E-state index in [0.29, 0.717) is 32.1 Å². The Labute approximate surface area is 131 Å². The van der Waals surface area contributed by atoms with E-state index in [1.807, 2.05) is 0 Å². The monoisotopic (exact) mass is 336 g/mol. The van der Waals surface area contributed by atoms with E-state index in [1.54, 1.807) is 13.2 Å². The van der Waals surface area contributed by atoms with Crippen LogP contribution in [0.3, 0.4) is 0 Å². The predicted octanol–water partition coefficient (Wildman–Crippen LogP) is 1.49. The lowest BCUT2D eigenvalue weighted by Crippen LogP contribution is -2.35. The number of methoxy groups -OCH3 is 2. The minimum atomic E-state index is -3.64. The van der Waals surface area contributed by atoms with E-state index in [4.69, 9.17) is 21.1 Å². The molecule has 0 aromatic carbocycles. The van der Waals surface area contributed by atoms with E-state index < -0.39 is 10.0 Å². The van der Waals surface area contributed by atoms with Gasteiger partial charge in [-0.2, -0.15) is 4.31 Å². The second kappa shape index (κ2) is 9.32. The molecule has 0 saturated carbocycles. The summed E-state index contributed by atoms with van der Waals surface area (Å²) >= 11 is 5.68. The standard InChI is InChI=1S/C13H21ClN2O4S/c1-19-8-3-6-16(7-9-20-2)21(17,18)13-5-4-12(10-14)11-15-13/h4-5,11H,3,6-10H2,1-2H3. The molecule has 0 saturated heterocycles. The van der Waals surface area contributed by atoms with E-state index >= 15 is 0 Å². The molecule has 1 aromatic heterocycles. The van der Waals surface area contributed by atoms with Crippen LogP contribution in [0.1, 0.15) is 12.0 Å². The maximum Gasteiger partial charge on any atom is 0.260 e. The molecule has 1 heterocycles. The van der Waals surface area contributed by atoms with Crippen LogP contribution < -0.4 is 0 Å². The Morgan fingerprint density at radius 3 is 2.43 bits per heavy atom. The molecule has 0 aliphatic heterocycles. The Hall–Kier alpha value is -0.730. The second-order valence-electron chi connectivity index (χ2n) is 4.38. The van der Waals surface area contributed by atoms with Crippen molar-refractivity contribution >= 4 is 21.6 Å². The highest BCUT2D eigenvalue weighted by molar-refractivity contribution is 7.89. The third-order valence-corrected chi connectivity index (χ3v) is 4.98. The van der Waals surface area contributed by atoms with Crippen LogP contribution in [-0.2, 0) is 25.4 Å². The molecule has 1 rings (SSSR count). The van der Waals surface area contributed by atoms with Gasteiger partial charge in [0.2, 0.25) is 0 Å². The van der Waals surface area contributed by atoms with E-state index in [0.717, 1.165) is 5.56 Å². The number of hydrogen-bond donors (Lipinski definition) is 0. The number of halogens is 1. The van der Waals surface area contributed by atoms with Crippen molar-refractivity contribution in [1.82, 2.24) is 9.29 Å². The van der Waals surface area contributed by atoms with Crippen molar-refractivity contribution in [2.45, 2.75) is 17.3 Å². The second-order valence-corrected chi connectivity index (χ2v) is 6.53. The summed E-state index contributed by atoms with van der Waals surface area (Å²) in [5.41, 5.74) is 0.776. The molecule has 0 aliphatic rings. The first-order valence-corrected chi connectivity index (χ1v) is 8.52. The zero-order valence-electron chi connectivity index (χ0n) is 12.3. The van der Waals surface area contributed by atoms with Crippen LogP contribution in [0.25, 0.3) is 0 Å². The molecule has 0 unspecified atom stereocenters. The van der Waals surface area contributed by atoms with Crippen molar-refractivity contribution in [3.05, 3.63) is 23.9 Å². The van der Waals surface area contributed by atoms with Gasteiger partial charge in [0.05, 0.1) is 6.61 Å². The summed E-state index contributed by atoms with van der Waals surface area (Å²) < 4.78 is 36.4. The molecule has 0 atom stereocenters. The highest BCUT2D eigenvalue weighted by atomic mass is 35.5. The lowest BCUT2D eigenvalue weighted by Gasteiger charge is -2.21. The smallest absolute Gasteiger partial charge is 0.260 e. The number of sulfonamides is 1. The molecule has 0 aliphatic carbocycles. The van der Waals surface area contributed by atoms with E-state index in [2.05, 4.69) is 4.98 Å². The summed E-state index contributed by atoms with van der Waals surface area (Å²) in [7, 11) is -0.516. The van der Waals surface area contributed by atoms with Crippen molar-refractivity contribution in [2.24, 2.45) is 0 Å². The van der Waals surface area contributed by atoms with Crippen molar-refractivity contribution in [3.63, 3.8) is 0 Å².